The van der Waals surface area contributed by atoms with E-state index in [-0.39, 0.29) is 0 Å². The Bertz CT molecular complexity index is 633. The summed E-state index contributed by atoms with van der Waals surface area (Å²) in [5, 5.41) is 0.652. The van der Waals surface area contributed by atoms with E-state index < -0.39 is 0 Å². The van der Waals surface area contributed by atoms with E-state index in [4.69, 9.17) is 11.6 Å². The number of fused-ring (bicyclic) bond motifs is 1. The van der Waals surface area contributed by atoms with Gasteiger partial charge in [-0.1, -0.05) is 33.6 Å². The van der Waals surface area contributed by atoms with Crippen molar-refractivity contribution in [3.05, 3.63) is 51.0 Å². The fraction of sp³-hybridized carbons (Fsp3) is 0.333. The predicted molar refractivity (Wildman–Crippen MR) is 87.4 cm³/mol. The molecule has 0 atom stereocenters. The molecule has 2 aromatic rings. The zero-order valence-corrected chi connectivity index (χ0v) is 14.1. The first-order valence-electron chi connectivity index (χ1n) is 6.65. The Balaban J connectivity index is 1.76. The lowest BCUT2D eigenvalue weighted by Crippen LogP contribution is -2.10. The van der Waals surface area contributed by atoms with Crippen molar-refractivity contribution in [3.63, 3.8) is 0 Å². The highest BCUT2D eigenvalue weighted by Gasteiger charge is 2.16. The third kappa shape index (κ3) is 3.35. The molecule has 0 bridgehead atoms. The van der Waals surface area contributed by atoms with Crippen LogP contribution < -0.4 is 0 Å². The number of halogens is 2. The van der Waals surface area contributed by atoms with E-state index in [1.807, 2.05) is 12.1 Å². The summed E-state index contributed by atoms with van der Waals surface area (Å²) in [6.45, 7) is 0. The molecule has 1 aromatic heterocycles. The maximum absolute atomic E-state index is 6.29. The predicted octanol–water partition coefficient (Wildman–Crippen LogP) is 5.06. The molecule has 5 heteroatoms. The average Bonchev–Trinajstić information content (AvgIpc) is 2.45. The van der Waals surface area contributed by atoms with Gasteiger partial charge in [-0.2, -0.15) is 0 Å². The van der Waals surface area contributed by atoms with Crippen molar-refractivity contribution in [1.29, 1.82) is 0 Å². The molecule has 1 heterocycles. The standard InChI is InChI=1S/C15H14BrClN2S/c16-10-4-3-5-11(8-10)20-9-14-18-13-7-2-1-6-12(13)15(17)19-14/h3-5,8H,1-2,6-7,9H2. The molecule has 0 saturated heterocycles. The van der Waals surface area contributed by atoms with Gasteiger partial charge >= 0.3 is 0 Å². The van der Waals surface area contributed by atoms with Gasteiger partial charge in [0, 0.05) is 20.6 Å². The maximum Gasteiger partial charge on any atom is 0.140 e. The summed E-state index contributed by atoms with van der Waals surface area (Å²) in [7, 11) is 0. The Hall–Kier alpha value is -0.580. The van der Waals surface area contributed by atoms with E-state index in [1.54, 1.807) is 11.8 Å². The minimum absolute atomic E-state index is 0.652. The Morgan fingerprint density at radius 3 is 2.90 bits per heavy atom. The van der Waals surface area contributed by atoms with E-state index in [9.17, 15) is 0 Å². The lowest BCUT2D eigenvalue weighted by molar-refractivity contribution is 0.657. The van der Waals surface area contributed by atoms with Crippen molar-refractivity contribution >= 4 is 39.3 Å². The van der Waals surface area contributed by atoms with Gasteiger partial charge in [0.25, 0.3) is 0 Å². The quantitative estimate of drug-likeness (QED) is 0.558. The molecular formula is C15H14BrClN2S. The minimum Gasteiger partial charge on any atom is -0.237 e. The van der Waals surface area contributed by atoms with Crippen molar-refractivity contribution in [2.45, 2.75) is 36.3 Å². The van der Waals surface area contributed by atoms with Crippen LogP contribution >= 0.6 is 39.3 Å². The van der Waals surface area contributed by atoms with E-state index >= 15 is 0 Å². The smallest absolute Gasteiger partial charge is 0.140 e. The number of rotatable bonds is 3. The van der Waals surface area contributed by atoms with Gasteiger partial charge in [0.1, 0.15) is 11.0 Å². The summed E-state index contributed by atoms with van der Waals surface area (Å²) >= 11 is 11.5. The van der Waals surface area contributed by atoms with Gasteiger partial charge in [-0.05, 0) is 43.9 Å². The number of benzene rings is 1. The SMILES string of the molecule is Clc1nc(CSc2cccc(Br)c2)nc2c1CCCC2. The van der Waals surface area contributed by atoms with Gasteiger partial charge in [0.2, 0.25) is 0 Å². The fourth-order valence-electron chi connectivity index (χ4n) is 2.37. The monoisotopic (exact) mass is 368 g/mol. The highest BCUT2D eigenvalue weighted by Crippen LogP contribution is 2.28. The molecule has 104 valence electrons. The van der Waals surface area contributed by atoms with Gasteiger partial charge in [0.15, 0.2) is 0 Å². The summed E-state index contributed by atoms with van der Waals surface area (Å²) in [4.78, 5) is 10.3. The average molecular weight is 370 g/mol. The number of aryl methyl sites for hydroxylation is 1. The van der Waals surface area contributed by atoms with E-state index in [0.29, 0.717) is 5.15 Å². The zero-order chi connectivity index (χ0) is 13.9. The molecule has 0 spiro atoms. The molecular weight excluding hydrogens is 356 g/mol. The summed E-state index contributed by atoms with van der Waals surface area (Å²) in [6.07, 6.45) is 4.46. The van der Waals surface area contributed by atoms with E-state index in [1.165, 1.54) is 17.7 Å². The number of thioether (sulfide) groups is 1. The van der Waals surface area contributed by atoms with Crippen LogP contribution in [-0.2, 0) is 18.6 Å². The largest absolute Gasteiger partial charge is 0.237 e. The molecule has 0 amide bonds. The van der Waals surface area contributed by atoms with Gasteiger partial charge in [0.05, 0.1) is 5.75 Å². The first kappa shape index (κ1) is 14.4. The number of aromatic nitrogens is 2. The van der Waals surface area contributed by atoms with Crippen molar-refractivity contribution in [2.24, 2.45) is 0 Å². The van der Waals surface area contributed by atoms with Crippen molar-refractivity contribution in [3.8, 4) is 0 Å². The molecule has 0 N–H and O–H groups in total. The van der Waals surface area contributed by atoms with Gasteiger partial charge in [-0.3, -0.25) is 0 Å². The summed E-state index contributed by atoms with van der Waals surface area (Å²) in [6, 6.07) is 8.25. The molecule has 0 radical (unpaired) electrons. The number of hydrogen-bond donors (Lipinski definition) is 0. The molecule has 2 nitrogen and oxygen atoms in total. The van der Waals surface area contributed by atoms with Gasteiger partial charge in [-0.25, -0.2) is 9.97 Å². The van der Waals surface area contributed by atoms with Crippen LogP contribution in [-0.4, -0.2) is 9.97 Å². The summed E-state index contributed by atoms with van der Waals surface area (Å²) in [5.74, 6) is 1.59. The molecule has 20 heavy (non-hydrogen) atoms. The van der Waals surface area contributed by atoms with Crippen LogP contribution in [0.4, 0.5) is 0 Å². The summed E-state index contributed by atoms with van der Waals surface area (Å²) in [5.41, 5.74) is 2.32. The third-order valence-electron chi connectivity index (χ3n) is 3.34. The van der Waals surface area contributed by atoms with Crippen LogP contribution in [0.5, 0.6) is 0 Å². The molecule has 1 aliphatic carbocycles. The first-order chi connectivity index (χ1) is 9.72. The minimum atomic E-state index is 0.652. The Kier molecular flexibility index (Phi) is 4.64. The molecule has 0 fully saturated rings. The van der Waals surface area contributed by atoms with Crippen molar-refractivity contribution in [1.82, 2.24) is 9.97 Å². The Morgan fingerprint density at radius 2 is 2.05 bits per heavy atom. The zero-order valence-electron chi connectivity index (χ0n) is 10.9. The molecule has 3 rings (SSSR count). The second-order valence-corrected chi connectivity index (χ2v) is 7.13. The highest BCUT2D eigenvalue weighted by molar-refractivity contribution is 9.10. The highest BCUT2D eigenvalue weighted by atomic mass is 79.9. The first-order valence-corrected chi connectivity index (χ1v) is 8.80. The molecule has 0 unspecified atom stereocenters. The van der Waals surface area contributed by atoms with E-state index in [2.05, 4.69) is 38.0 Å². The summed E-state index contributed by atoms with van der Waals surface area (Å²) < 4.78 is 1.09. The van der Waals surface area contributed by atoms with Gasteiger partial charge in [-0.15, -0.1) is 11.8 Å². The number of nitrogens with zero attached hydrogens (tertiary/aromatic N) is 2. The topological polar surface area (TPSA) is 25.8 Å². The lowest BCUT2D eigenvalue weighted by atomic mass is 9.97. The molecule has 1 aromatic carbocycles. The van der Waals surface area contributed by atoms with Crippen LogP contribution in [0.2, 0.25) is 5.15 Å². The van der Waals surface area contributed by atoms with Crippen LogP contribution in [0.15, 0.2) is 33.6 Å². The van der Waals surface area contributed by atoms with Crippen LogP contribution in [0, 0.1) is 0 Å². The maximum atomic E-state index is 6.29. The van der Waals surface area contributed by atoms with Crippen LogP contribution in [0.3, 0.4) is 0 Å². The molecule has 0 aliphatic heterocycles. The Labute approximate surface area is 136 Å². The van der Waals surface area contributed by atoms with Crippen molar-refractivity contribution < 1.29 is 0 Å². The Morgan fingerprint density at radius 1 is 1.20 bits per heavy atom. The second kappa shape index (κ2) is 6.46. The van der Waals surface area contributed by atoms with Crippen molar-refractivity contribution in [2.75, 3.05) is 0 Å². The second-order valence-electron chi connectivity index (χ2n) is 4.81. The molecule has 1 aliphatic rings. The van der Waals surface area contributed by atoms with Gasteiger partial charge < -0.3 is 0 Å². The van der Waals surface area contributed by atoms with Crippen LogP contribution in [0.25, 0.3) is 0 Å². The lowest BCUT2D eigenvalue weighted by Gasteiger charge is -2.16. The van der Waals surface area contributed by atoms with Crippen LogP contribution in [0.1, 0.15) is 29.9 Å². The number of hydrogen-bond acceptors (Lipinski definition) is 3. The fourth-order valence-corrected chi connectivity index (χ4v) is 4.03. The van der Waals surface area contributed by atoms with E-state index in [0.717, 1.165) is 40.1 Å². The normalized spacial score (nSPS) is 14.1. The molecule has 0 saturated carbocycles. The third-order valence-corrected chi connectivity index (χ3v) is 5.14.